The number of aliphatic hydroxyl groups excluding tert-OH is 1. The highest BCUT2D eigenvalue weighted by atomic mass is 35.5. The molecule has 0 amide bonds. The smallest absolute Gasteiger partial charge is 0.416 e. The van der Waals surface area contributed by atoms with Crippen molar-refractivity contribution >= 4 is 11.6 Å². The van der Waals surface area contributed by atoms with Gasteiger partial charge in [-0.15, -0.1) is 0 Å². The second kappa shape index (κ2) is 5.36. The lowest BCUT2D eigenvalue weighted by Gasteiger charge is -2.09. The van der Waals surface area contributed by atoms with Crippen LogP contribution in [-0.4, -0.2) is 23.3 Å². The fraction of sp³-hybridized carbons (Fsp3) is 0.444. The van der Waals surface area contributed by atoms with Crippen molar-refractivity contribution in [1.82, 2.24) is 4.98 Å². The molecule has 0 saturated carbocycles. The Kier molecular flexibility index (Phi) is 4.37. The summed E-state index contributed by atoms with van der Waals surface area (Å²) in [6.07, 6.45) is -4.17. The van der Waals surface area contributed by atoms with Crippen LogP contribution in [0.15, 0.2) is 12.1 Å². The van der Waals surface area contributed by atoms with Crippen molar-refractivity contribution in [3.8, 4) is 5.88 Å². The van der Waals surface area contributed by atoms with Gasteiger partial charge in [-0.05, 0) is 6.07 Å². The van der Waals surface area contributed by atoms with Gasteiger partial charge in [0, 0.05) is 19.1 Å². The van der Waals surface area contributed by atoms with E-state index in [4.69, 9.17) is 21.4 Å². The van der Waals surface area contributed by atoms with E-state index < -0.39 is 11.7 Å². The zero-order valence-electron chi connectivity index (χ0n) is 8.09. The van der Waals surface area contributed by atoms with Crippen LogP contribution in [-0.2, 0) is 6.18 Å². The van der Waals surface area contributed by atoms with Crippen LogP contribution < -0.4 is 4.74 Å². The van der Waals surface area contributed by atoms with Crippen molar-refractivity contribution in [3.63, 3.8) is 0 Å². The zero-order chi connectivity index (χ0) is 12.2. The summed E-state index contributed by atoms with van der Waals surface area (Å²) in [6.45, 7) is -0.0200. The van der Waals surface area contributed by atoms with Crippen LogP contribution >= 0.6 is 11.6 Å². The van der Waals surface area contributed by atoms with E-state index in [9.17, 15) is 13.2 Å². The average Bonchev–Trinajstić information content (AvgIpc) is 2.16. The van der Waals surface area contributed by atoms with Crippen LogP contribution in [0, 0.1) is 0 Å². The lowest BCUT2D eigenvalue weighted by atomic mass is 10.2. The molecule has 0 aliphatic rings. The SMILES string of the molecule is OCCCOc1cc(C(F)(F)F)cc(Cl)n1. The Bertz CT molecular complexity index is 357. The van der Waals surface area contributed by atoms with Crippen molar-refractivity contribution in [2.45, 2.75) is 12.6 Å². The molecule has 0 aliphatic heterocycles. The quantitative estimate of drug-likeness (QED) is 0.664. The molecule has 0 spiro atoms. The number of hydrogen-bond donors (Lipinski definition) is 1. The van der Waals surface area contributed by atoms with E-state index in [-0.39, 0.29) is 24.2 Å². The van der Waals surface area contributed by atoms with E-state index in [0.29, 0.717) is 6.42 Å². The Balaban J connectivity index is 2.82. The minimum atomic E-state index is -4.48. The van der Waals surface area contributed by atoms with Gasteiger partial charge >= 0.3 is 6.18 Å². The molecule has 0 aromatic carbocycles. The Morgan fingerprint density at radius 3 is 2.62 bits per heavy atom. The number of hydrogen-bond acceptors (Lipinski definition) is 3. The van der Waals surface area contributed by atoms with Crippen molar-refractivity contribution in [1.29, 1.82) is 0 Å². The average molecular weight is 256 g/mol. The molecule has 0 unspecified atom stereocenters. The molecule has 0 saturated heterocycles. The molecular weight excluding hydrogens is 247 g/mol. The maximum Gasteiger partial charge on any atom is 0.416 e. The van der Waals surface area contributed by atoms with Gasteiger partial charge in [-0.3, -0.25) is 0 Å². The fourth-order valence-corrected chi connectivity index (χ4v) is 1.15. The van der Waals surface area contributed by atoms with Crippen LogP contribution in [0.4, 0.5) is 13.2 Å². The zero-order valence-corrected chi connectivity index (χ0v) is 8.85. The summed E-state index contributed by atoms with van der Waals surface area (Å²) >= 11 is 5.43. The van der Waals surface area contributed by atoms with Gasteiger partial charge < -0.3 is 9.84 Å². The molecule has 1 heterocycles. The number of rotatable bonds is 4. The highest BCUT2D eigenvalue weighted by Gasteiger charge is 2.31. The highest BCUT2D eigenvalue weighted by molar-refractivity contribution is 6.29. The van der Waals surface area contributed by atoms with E-state index in [2.05, 4.69) is 4.98 Å². The first-order valence-electron chi connectivity index (χ1n) is 4.42. The van der Waals surface area contributed by atoms with Crippen LogP contribution in [0.2, 0.25) is 5.15 Å². The molecule has 1 aromatic rings. The molecule has 1 rings (SSSR count). The molecule has 1 N–H and O–H groups in total. The second-order valence-electron chi connectivity index (χ2n) is 2.94. The molecule has 7 heteroatoms. The third-order valence-corrected chi connectivity index (χ3v) is 1.84. The summed E-state index contributed by atoms with van der Waals surface area (Å²) in [7, 11) is 0. The summed E-state index contributed by atoms with van der Waals surface area (Å²) in [6, 6.07) is 1.49. The maximum absolute atomic E-state index is 12.4. The summed E-state index contributed by atoms with van der Waals surface area (Å²) in [5, 5.41) is 8.19. The largest absolute Gasteiger partial charge is 0.478 e. The lowest BCUT2D eigenvalue weighted by Crippen LogP contribution is -2.07. The maximum atomic E-state index is 12.4. The molecule has 0 aliphatic carbocycles. The van der Waals surface area contributed by atoms with Gasteiger partial charge in [0.05, 0.1) is 12.2 Å². The first-order valence-corrected chi connectivity index (χ1v) is 4.79. The summed E-state index contributed by atoms with van der Waals surface area (Å²) in [5.41, 5.74) is -0.911. The number of halogens is 4. The molecule has 0 atom stereocenters. The summed E-state index contributed by atoms with van der Waals surface area (Å²) in [4.78, 5) is 3.58. The highest BCUT2D eigenvalue weighted by Crippen LogP contribution is 2.32. The third kappa shape index (κ3) is 3.86. The normalized spacial score (nSPS) is 11.6. The van der Waals surface area contributed by atoms with E-state index >= 15 is 0 Å². The number of pyridine rings is 1. The topological polar surface area (TPSA) is 42.4 Å². The Hall–Kier alpha value is -1.01. The third-order valence-electron chi connectivity index (χ3n) is 1.65. The van der Waals surface area contributed by atoms with Gasteiger partial charge in [-0.1, -0.05) is 11.6 Å². The van der Waals surface area contributed by atoms with Gasteiger partial charge in [-0.25, -0.2) is 4.98 Å². The molecular formula is C9H9ClF3NO2. The first kappa shape index (κ1) is 13.1. The van der Waals surface area contributed by atoms with Gasteiger partial charge in [0.2, 0.25) is 5.88 Å². The van der Waals surface area contributed by atoms with Gasteiger partial charge in [0.15, 0.2) is 0 Å². The molecule has 16 heavy (non-hydrogen) atoms. The van der Waals surface area contributed by atoms with E-state index in [1.165, 1.54) is 0 Å². The van der Waals surface area contributed by atoms with Gasteiger partial charge in [0.25, 0.3) is 0 Å². The van der Waals surface area contributed by atoms with E-state index in [0.717, 1.165) is 12.1 Å². The first-order chi connectivity index (χ1) is 7.43. The number of alkyl halides is 3. The molecule has 3 nitrogen and oxygen atoms in total. The van der Waals surface area contributed by atoms with Crippen LogP contribution in [0.3, 0.4) is 0 Å². The predicted molar refractivity (Wildman–Crippen MR) is 51.4 cm³/mol. The fourth-order valence-electron chi connectivity index (χ4n) is 0.952. The minimum absolute atomic E-state index is 0.0845. The summed E-state index contributed by atoms with van der Waals surface area (Å²) in [5.74, 6) is -0.201. The minimum Gasteiger partial charge on any atom is -0.478 e. The van der Waals surface area contributed by atoms with Gasteiger partial charge in [-0.2, -0.15) is 13.2 Å². The van der Waals surface area contributed by atoms with E-state index in [1.54, 1.807) is 0 Å². The Morgan fingerprint density at radius 1 is 1.38 bits per heavy atom. The Labute approximate surface area is 94.8 Å². The molecule has 0 fully saturated rings. The molecule has 0 bridgehead atoms. The number of aromatic nitrogens is 1. The standard InChI is InChI=1S/C9H9ClF3NO2/c10-7-4-6(9(11,12)13)5-8(14-7)16-3-1-2-15/h4-5,15H,1-3H2. The monoisotopic (exact) mass is 255 g/mol. The van der Waals surface area contributed by atoms with Crippen LogP contribution in [0.1, 0.15) is 12.0 Å². The molecule has 0 radical (unpaired) electrons. The second-order valence-corrected chi connectivity index (χ2v) is 3.33. The Morgan fingerprint density at radius 2 is 2.06 bits per heavy atom. The van der Waals surface area contributed by atoms with Crippen LogP contribution in [0.25, 0.3) is 0 Å². The van der Waals surface area contributed by atoms with Crippen molar-refractivity contribution < 1.29 is 23.0 Å². The molecule has 90 valence electrons. The lowest BCUT2D eigenvalue weighted by molar-refractivity contribution is -0.137. The van der Waals surface area contributed by atoms with Crippen LogP contribution in [0.5, 0.6) is 5.88 Å². The number of aliphatic hydroxyl groups is 1. The predicted octanol–water partition coefficient (Wildman–Crippen LogP) is 2.52. The van der Waals surface area contributed by atoms with Crippen molar-refractivity contribution in [2.75, 3.05) is 13.2 Å². The molecule has 1 aromatic heterocycles. The number of ether oxygens (including phenoxy) is 1. The van der Waals surface area contributed by atoms with Crippen molar-refractivity contribution in [3.05, 3.63) is 22.8 Å². The van der Waals surface area contributed by atoms with Gasteiger partial charge in [0.1, 0.15) is 5.15 Å². The van der Waals surface area contributed by atoms with Crippen molar-refractivity contribution in [2.24, 2.45) is 0 Å². The summed E-state index contributed by atoms with van der Waals surface area (Å²) < 4.78 is 42.0. The van der Waals surface area contributed by atoms with E-state index in [1.807, 2.05) is 0 Å². The number of nitrogens with zero attached hydrogens (tertiary/aromatic N) is 1.